The van der Waals surface area contributed by atoms with Gasteiger partial charge in [-0.3, -0.25) is 14.9 Å². The highest BCUT2D eigenvalue weighted by Gasteiger charge is 2.37. The highest BCUT2D eigenvalue weighted by atomic mass is 16.6. The Kier molecular flexibility index (Phi) is 4.60. The molecule has 0 spiro atoms. The number of fused-ring (bicyclic) bond motifs is 1. The van der Waals surface area contributed by atoms with E-state index in [1.165, 1.54) is 12.1 Å². The van der Waals surface area contributed by atoms with E-state index in [2.05, 4.69) is 0 Å². The fourth-order valence-electron chi connectivity index (χ4n) is 3.53. The molecule has 0 saturated heterocycles. The van der Waals surface area contributed by atoms with Gasteiger partial charge in [-0.25, -0.2) is 0 Å². The first-order chi connectivity index (χ1) is 14.4. The molecule has 30 heavy (non-hydrogen) atoms. The fraction of sp³-hybridized carbons (Fsp3) is 0.143. The molecule has 0 aliphatic carbocycles. The van der Waals surface area contributed by atoms with Gasteiger partial charge in [0.1, 0.15) is 28.1 Å². The Morgan fingerprint density at radius 2 is 2.00 bits per heavy atom. The van der Waals surface area contributed by atoms with Crippen LogP contribution in [0.5, 0.6) is 5.75 Å². The van der Waals surface area contributed by atoms with Gasteiger partial charge in [0, 0.05) is 11.8 Å². The number of pyridine rings is 1. The minimum absolute atomic E-state index is 0.0426. The predicted molar refractivity (Wildman–Crippen MR) is 106 cm³/mol. The number of nitrogens with zero attached hydrogens (tertiary/aromatic N) is 3. The SMILES string of the molecule is Cc1cc2c(c(=O)n1Cc1ccccc1)C(c1ccc([N+](=O)[O-])o1)C(C#N)=C(N)O2. The number of nitrogens with two attached hydrogens (primary N) is 1. The fourth-order valence-corrected chi connectivity index (χ4v) is 3.53. The van der Waals surface area contributed by atoms with Crippen LogP contribution in [0.15, 0.2) is 69.2 Å². The maximum absolute atomic E-state index is 13.5. The Morgan fingerprint density at radius 3 is 2.63 bits per heavy atom. The third-order valence-corrected chi connectivity index (χ3v) is 4.95. The van der Waals surface area contributed by atoms with E-state index >= 15 is 0 Å². The maximum Gasteiger partial charge on any atom is 0.433 e. The summed E-state index contributed by atoms with van der Waals surface area (Å²) in [6, 6.07) is 15.6. The van der Waals surface area contributed by atoms with Crippen LogP contribution in [-0.4, -0.2) is 9.49 Å². The third kappa shape index (κ3) is 3.10. The van der Waals surface area contributed by atoms with Crippen LogP contribution in [0.3, 0.4) is 0 Å². The molecule has 1 aliphatic rings. The quantitative estimate of drug-likeness (QED) is 0.521. The molecule has 2 N–H and O–H groups in total. The van der Waals surface area contributed by atoms with Gasteiger partial charge in [0.25, 0.3) is 5.56 Å². The van der Waals surface area contributed by atoms with Crippen molar-refractivity contribution in [2.75, 3.05) is 0 Å². The molecule has 2 aromatic heterocycles. The summed E-state index contributed by atoms with van der Waals surface area (Å²) in [4.78, 5) is 23.8. The molecule has 0 amide bonds. The summed E-state index contributed by atoms with van der Waals surface area (Å²) < 4.78 is 12.4. The zero-order chi connectivity index (χ0) is 21.4. The predicted octanol–water partition coefficient (Wildman–Crippen LogP) is 2.92. The lowest BCUT2D eigenvalue weighted by Gasteiger charge is -2.25. The number of allylic oxidation sites excluding steroid dienone is 1. The Morgan fingerprint density at radius 1 is 1.27 bits per heavy atom. The van der Waals surface area contributed by atoms with Gasteiger partial charge in [-0.2, -0.15) is 5.26 Å². The van der Waals surface area contributed by atoms with Crippen molar-refractivity contribution in [3.8, 4) is 11.8 Å². The molecule has 1 aromatic carbocycles. The Labute approximate surface area is 170 Å². The largest absolute Gasteiger partial charge is 0.440 e. The van der Waals surface area contributed by atoms with Crippen LogP contribution in [0.25, 0.3) is 0 Å². The molecule has 1 aliphatic heterocycles. The van der Waals surface area contributed by atoms with E-state index in [4.69, 9.17) is 14.9 Å². The van der Waals surface area contributed by atoms with Gasteiger partial charge in [-0.05, 0) is 18.6 Å². The smallest absolute Gasteiger partial charge is 0.433 e. The van der Waals surface area contributed by atoms with Crippen molar-refractivity contribution in [3.63, 3.8) is 0 Å². The summed E-state index contributed by atoms with van der Waals surface area (Å²) in [5.41, 5.74) is 7.18. The van der Waals surface area contributed by atoms with Gasteiger partial charge in [-0.1, -0.05) is 30.3 Å². The second-order valence-electron chi connectivity index (χ2n) is 6.80. The molecular weight excluding hydrogens is 388 g/mol. The van der Waals surface area contributed by atoms with Crippen molar-refractivity contribution in [1.82, 2.24) is 4.57 Å². The first kappa shape index (κ1) is 19.0. The van der Waals surface area contributed by atoms with Crippen molar-refractivity contribution in [2.24, 2.45) is 5.73 Å². The summed E-state index contributed by atoms with van der Waals surface area (Å²) in [7, 11) is 0. The Balaban J connectivity index is 1.92. The number of hydrogen-bond acceptors (Lipinski definition) is 7. The molecule has 3 heterocycles. The van der Waals surface area contributed by atoms with Crippen LogP contribution in [0.4, 0.5) is 5.88 Å². The van der Waals surface area contributed by atoms with E-state index in [0.29, 0.717) is 12.2 Å². The Hall–Kier alpha value is -4.32. The second kappa shape index (κ2) is 7.25. The first-order valence-corrected chi connectivity index (χ1v) is 9.00. The first-order valence-electron chi connectivity index (χ1n) is 9.00. The normalized spacial score (nSPS) is 15.3. The van der Waals surface area contributed by atoms with Crippen molar-refractivity contribution >= 4 is 5.88 Å². The molecule has 0 bridgehead atoms. The number of ether oxygens (including phenoxy) is 1. The van der Waals surface area contributed by atoms with Crippen molar-refractivity contribution in [2.45, 2.75) is 19.4 Å². The van der Waals surface area contributed by atoms with E-state index in [9.17, 15) is 20.2 Å². The van der Waals surface area contributed by atoms with E-state index < -0.39 is 22.3 Å². The number of nitro groups is 1. The molecule has 9 heteroatoms. The van der Waals surface area contributed by atoms with Gasteiger partial charge in [-0.15, -0.1) is 0 Å². The van der Waals surface area contributed by atoms with E-state index in [-0.39, 0.29) is 28.5 Å². The van der Waals surface area contributed by atoms with E-state index in [1.807, 2.05) is 36.4 Å². The van der Waals surface area contributed by atoms with Crippen LogP contribution in [0.1, 0.15) is 28.5 Å². The molecule has 4 rings (SSSR count). The van der Waals surface area contributed by atoms with Crippen LogP contribution < -0.4 is 16.0 Å². The zero-order valence-electron chi connectivity index (χ0n) is 15.9. The number of aromatic nitrogens is 1. The number of hydrogen-bond donors (Lipinski definition) is 1. The monoisotopic (exact) mass is 404 g/mol. The summed E-state index contributed by atoms with van der Waals surface area (Å²) in [6.07, 6.45) is 0. The van der Waals surface area contributed by atoms with Crippen molar-refractivity contribution < 1.29 is 14.1 Å². The van der Waals surface area contributed by atoms with Crippen LogP contribution in [0.2, 0.25) is 0 Å². The number of nitriles is 1. The highest BCUT2D eigenvalue weighted by Crippen LogP contribution is 2.41. The summed E-state index contributed by atoms with van der Waals surface area (Å²) in [5.74, 6) is -1.41. The van der Waals surface area contributed by atoms with E-state index in [1.54, 1.807) is 17.6 Å². The molecule has 150 valence electrons. The highest BCUT2D eigenvalue weighted by molar-refractivity contribution is 5.54. The van der Waals surface area contributed by atoms with E-state index in [0.717, 1.165) is 5.56 Å². The molecule has 3 aromatic rings. The average Bonchev–Trinajstić information content (AvgIpc) is 3.21. The van der Waals surface area contributed by atoms with Crippen LogP contribution in [0, 0.1) is 28.4 Å². The van der Waals surface area contributed by atoms with Crippen LogP contribution >= 0.6 is 0 Å². The number of benzene rings is 1. The minimum atomic E-state index is -1.01. The molecular formula is C21H16N4O5. The lowest BCUT2D eigenvalue weighted by molar-refractivity contribution is -0.402. The zero-order valence-corrected chi connectivity index (χ0v) is 15.9. The molecule has 0 saturated carbocycles. The van der Waals surface area contributed by atoms with Gasteiger partial charge in [0.2, 0.25) is 5.88 Å². The van der Waals surface area contributed by atoms with Gasteiger partial charge < -0.3 is 19.5 Å². The van der Waals surface area contributed by atoms with Crippen molar-refractivity contribution in [1.29, 1.82) is 5.26 Å². The average molecular weight is 404 g/mol. The molecule has 9 nitrogen and oxygen atoms in total. The maximum atomic E-state index is 13.5. The third-order valence-electron chi connectivity index (χ3n) is 4.95. The lowest BCUT2D eigenvalue weighted by Crippen LogP contribution is -2.32. The topological polar surface area (TPSA) is 137 Å². The lowest BCUT2D eigenvalue weighted by atomic mass is 9.88. The van der Waals surface area contributed by atoms with Gasteiger partial charge in [0.05, 0.1) is 24.1 Å². The summed E-state index contributed by atoms with van der Waals surface area (Å²) >= 11 is 0. The minimum Gasteiger partial charge on any atom is -0.440 e. The molecule has 0 fully saturated rings. The molecule has 1 unspecified atom stereocenters. The molecule has 0 radical (unpaired) electrons. The Bertz CT molecular complexity index is 1280. The standard InChI is InChI=1S/C21H16N4O5/c1-12-9-16-19(21(26)24(12)11-13-5-3-2-4-6-13)18(14(10-22)20(23)30-16)15-7-8-17(29-15)25(27)28/h2-9,18H,11,23H2,1H3. The molecule has 1 atom stereocenters. The summed E-state index contributed by atoms with van der Waals surface area (Å²) in [5, 5.41) is 20.7. The summed E-state index contributed by atoms with van der Waals surface area (Å²) in [6.45, 7) is 2.07. The van der Waals surface area contributed by atoms with Gasteiger partial charge >= 0.3 is 5.88 Å². The van der Waals surface area contributed by atoms with Crippen molar-refractivity contribution in [3.05, 3.63) is 103 Å². The second-order valence-corrected chi connectivity index (χ2v) is 6.80. The van der Waals surface area contributed by atoms with Gasteiger partial charge in [0.15, 0.2) is 0 Å². The number of furan rings is 1. The van der Waals surface area contributed by atoms with Crippen LogP contribution in [-0.2, 0) is 6.54 Å². The number of aryl methyl sites for hydroxylation is 1. The number of rotatable bonds is 4.